The van der Waals surface area contributed by atoms with E-state index in [9.17, 15) is 9.90 Å². The van der Waals surface area contributed by atoms with E-state index in [0.29, 0.717) is 24.8 Å². The molecule has 1 aliphatic carbocycles. The zero-order valence-electron chi connectivity index (χ0n) is 21.9. The number of hydrogen-bond acceptors (Lipinski definition) is 4. The molecule has 1 aromatic rings. The van der Waals surface area contributed by atoms with Gasteiger partial charge in [-0.15, -0.1) is 0 Å². The Labute approximate surface area is 213 Å². The molecule has 5 atom stereocenters. The van der Waals surface area contributed by atoms with Crippen molar-refractivity contribution in [2.24, 2.45) is 11.8 Å². The Morgan fingerprint density at radius 1 is 1.11 bits per heavy atom. The summed E-state index contributed by atoms with van der Waals surface area (Å²) in [6, 6.07) is 10.4. The minimum absolute atomic E-state index is 0.0738. The van der Waals surface area contributed by atoms with Crippen LogP contribution < -0.4 is 5.32 Å². The number of aliphatic hydroxyl groups excluding tert-OH is 1. The van der Waals surface area contributed by atoms with Gasteiger partial charge < -0.3 is 19.7 Å². The van der Waals surface area contributed by atoms with Gasteiger partial charge in [0.25, 0.3) is 0 Å². The molecule has 1 heterocycles. The number of aliphatic hydroxyl groups is 1. The second kappa shape index (κ2) is 15.5. The lowest BCUT2D eigenvalue weighted by molar-refractivity contribution is -0.121. The number of aryl methyl sites for hydroxylation is 1. The average molecular weight is 484 g/mol. The third-order valence-electron chi connectivity index (χ3n) is 7.58. The first kappa shape index (κ1) is 28.0. The van der Waals surface area contributed by atoms with Crippen LogP contribution in [0.4, 0.5) is 0 Å². The second-order valence-electron chi connectivity index (χ2n) is 10.3. The summed E-state index contributed by atoms with van der Waals surface area (Å²) in [6.07, 6.45) is 15.9. The monoisotopic (exact) mass is 483 g/mol. The van der Waals surface area contributed by atoms with Crippen molar-refractivity contribution >= 4 is 13.0 Å². The molecule has 0 radical (unpaired) electrons. The van der Waals surface area contributed by atoms with E-state index in [1.165, 1.54) is 5.56 Å². The van der Waals surface area contributed by atoms with Gasteiger partial charge in [0, 0.05) is 25.2 Å². The lowest BCUT2D eigenvalue weighted by Gasteiger charge is -2.28. The van der Waals surface area contributed by atoms with Crippen LogP contribution in [-0.4, -0.2) is 43.0 Å². The number of carbonyl (C=O) groups excluding carboxylic acids is 1. The van der Waals surface area contributed by atoms with Crippen molar-refractivity contribution in [2.75, 3.05) is 6.54 Å². The lowest BCUT2D eigenvalue weighted by atomic mass is 9.80. The quantitative estimate of drug-likeness (QED) is 0.179. The summed E-state index contributed by atoms with van der Waals surface area (Å²) in [5.74, 6) is 1.01. The summed E-state index contributed by atoms with van der Waals surface area (Å²) in [6.45, 7) is 4.85. The molecule has 1 aromatic carbocycles. The number of fused-ring (bicyclic) bond motifs is 2. The SMILES string of the molecule is CCCCB1OC2CC(O1)[C@H](CC[C@@H](O)CCc1ccccc1)[C@H]2C/C=C\CCCC(=O)NCC. The third kappa shape index (κ3) is 9.40. The van der Waals surface area contributed by atoms with Crippen LogP contribution in [-0.2, 0) is 20.5 Å². The number of unbranched alkanes of at least 4 members (excludes halogenated alkanes) is 2. The van der Waals surface area contributed by atoms with E-state index in [0.717, 1.165) is 70.5 Å². The van der Waals surface area contributed by atoms with E-state index in [4.69, 9.17) is 9.31 Å². The van der Waals surface area contributed by atoms with Crippen LogP contribution in [0.3, 0.4) is 0 Å². The van der Waals surface area contributed by atoms with E-state index in [1.54, 1.807) is 0 Å². The second-order valence-corrected chi connectivity index (χ2v) is 10.3. The third-order valence-corrected chi connectivity index (χ3v) is 7.58. The minimum atomic E-state index is -0.280. The fourth-order valence-electron chi connectivity index (χ4n) is 5.64. The fraction of sp³-hybridized carbons (Fsp3) is 0.690. The summed E-state index contributed by atoms with van der Waals surface area (Å²) in [5, 5.41) is 13.6. The number of benzene rings is 1. The summed E-state index contributed by atoms with van der Waals surface area (Å²) < 4.78 is 12.8. The molecule has 2 N–H and O–H groups in total. The molecule has 2 fully saturated rings. The van der Waals surface area contributed by atoms with Crippen LogP contribution in [0.5, 0.6) is 0 Å². The Hall–Kier alpha value is -1.63. The molecule has 2 unspecified atom stereocenters. The number of hydrogen-bond donors (Lipinski definition) is 2. The first-order valence-corrected chi connectivity index (χ1v) is 14.0. The molecule has 1 saturated heterocycles. The Kier molecular flexibility index (Phi) is 12.4. The van der Waals surface area contributed by atoms with Crippen molar-refractivity contribution < 1.29 is 19.2 Å². The van der Waals surface area contributed by atoms with Gasteiger partial charge in [-0.3, -0.25) is 4.79 Å². The maximum Gasteiger partial charge on any atom is 0.457 e. The number of allylic oxidation sites excluding steroid dienone is 2. The van der Waals surface area contributed by atoms with Gasteiger partial charge in [-0.1, -0.05) is 62.2 Å². The molecule has 2 bridgehead atoms. The molecule has 1 saturated carbocycles. The minimum Gasteiger partial charge on any atom is -0.408 e. The molecule has 1 aliphatic heterocycles. The topological polar surface area (TPSA) is 67.8 Å². The van der Waals surface area contributed by atoms with Crippen molar-refractivity contribution in [3.63, 3.8) is 0 Å². The van der Waals surface area contributed by atoms with Crippen molar-refractivity contribution in [3.05, 3.63) is 48.0 Å². The molecule has 5 nitrogen and oxygen atoms in total. The van der Waals surface area contributed by atoms with Gasteiger partial charge in [0.1, 0.15) is 0 Å². The predicted octanol–water partition coefficient (Wildman–Crippen LogP) is 5.72. The summed E-state index contributed by atoms with van der Waals surface area (Å²) in [4.78, 5) is 11.6. The Bertz CT molecular complexity index is 758. The first-order chi connectivity index (χ1) is 17.1. The van der Waals surface area contributed by atoms with Gasteiger partial charge in [-0.25, -0.2) is 0 Å². The van der Waals surface area contributed by atoms with E-state index < -0.39 is 0 Å². The molecule has 0 aromatic heterocycles. The van der Waals surface area contributed by atoms with Crippen LogP contribution in [0, 0.1) is 11.8 Å². The van der Waals surface area contributed by atoms with Crippen molar-refractivity contribution in [2.45, 2.75) is 109 Å². The number of carbonyl (C=O) groups is 1. The molecule has 3 rings (SSSR count). The van der Waals surface area contributed by atoms with Crippen molar-refractivity contribution in [3.8, 4) is 0 Å². The smallest absolute Gasteiger partial charge is 0.408 e. The number of amides is 1. The van der Waals surface area contributed by atoms with E-state index in [2.05, 4.69) is 48.7 Å². The van der Waals surface area contributed by atoms with Gasteiger partial charge in [0.2, 0.25) is 5.91 Å². The maximum atomic E-state index is 11.6. The van der Waals surface area contributed by atoms with E-state index in [1.807, 2.05) is 13.0 Å². The van der Waals surface area contributed by atoms with Gasteiger partial charge in [-0.2, -0.15) is 0 Å². The van der Waals surface area contributed by atoms with Crippen molar-refractivity contribution in [1.82, 2.24) is 5.32 Å². The maximum absolute atomic E-state index is 11.6. The molecule has 194 valence electrons. The number of nitrogens with one attached hydrogen (secondary N) is 1. The van der Waals surface area contributed by atoms with Crippen LogP contribution in [0.1, 0.15) is 83.6 Å². The largest absolute Gasteiger partial charge is 0.457 e. The Balaban J connectivity index is 1.50. The van der Waals surface area contributed by atoms with Crippen LogP contribution in [0.15, 0.2) is 42.5 Å². The van der Waals surface area contributed by atoms with Gasteiger partial charge in [0.05, 0.1) is 6.10 Å². The lowest BCUT2D eigenvalue weighted by Crippen LogP contribution is -2.37. The number of rotatable bonds is 16. The Morgan fingerprint density at radius 3 is 2.63 bits per heavy atom. The zero-order valence-corrected chi connectivity index (χ0v) is 21.9. The van der Waals surface area contributed by atoms with Crippen LogP contribution >= 0.6 is 0 Å². The highest BCUT2D eigenvalue weighted by Crippen LogP contribution is 2.45. The van der Waals surface area contributed by atoms with Gasteiger partial charge in [-0.05, 0) is 82.0 Å². The van der Waals surface area contributed by atoms with E-state index >= 15 is 0 Å². The highest BCUT2D eigenvalue weighted by atomic mass is 16.6. The first-order valence-electron chi connectivity index (χ1n) is 14.0. The van der Waals surface area contributed by atoms with Crippen molar-refractivity contribution in [1.29, 1.82) is 0 Å². The van der Waals surface area contributed by atoms with Gasteiger partial charge in [0.15, 0.2) is 0 Å². The van der Waals surface area contributed by atoms with Gasteiger partial charge >= 0.3 is 7.12 Å². The highest BCUT2D eigenvalue weighted by molar-refractivity contribution is 6.44. The molecule has 2 aliphatic rings. The van der Waals surface area contributed by atoms with Crippen LogP contribution in [0.25, 0.3) is 0 Å². The molecular weight excluding hydrogens is 437 g/mol. The highest BCUT2D eigenvalue weighted by Gasteiger charge is 2.49. The summed E-state index contributed by atoms with van der Waals surface area (Å²) in [5.41, 5.74) is 1.29. The molecule has 35 heavy (non-hydrogen) atoms. The van der Waals surface area contributed by atoms with Crippen LogP contribution in [0.2, 0.25) is 6.32 Å². The predicted molar refractivity (Wildman–Crippen MR) is 143 cm³/mol. The molecule has 1 amide bonds. The molecule has 0 spiro atoms. The summed E-state index contributed by atoms with van der Waals surface area (Å²) in [7, 11) is -0.0738. The fourth-order valence-corrected chi connectivity index (χ4v) is 5.64. The van der Waals surface area contributed by atoms with E-state index in [-0.39, 0.29) is 31.3 Å². The molecular formula is C29H46BNO4. The normalized spacial score (nSPS) is 24.7. The molecule has 6 heteroatoms. The standard InChI is InChI=1S/C29H46BNO4/c1-3-5-21-30-34-27-22-28(35-30)26(20-19-24(32)18-17-23-13-9-8-10-14-23)25(27)15-11-6-7-12-16-29(33)31-4-2/h6,8-11,13-14,24-28,32H,3-5,7,12,15-22H2,1-2H3,(H,31,33)/b11-6-/t24-,25+,26+,27?,28?/m0/s1. The Morgan fingerprint density at radius 2 is 1.89 bits per heavy atom. The average Bonchev–Trinajstić information content (AvgIpc) is 3.11. The summed E-state index contributed by atoms with van der Waals surface area (Å²) >= 11 is 0. The zero-order chi connectivity index (χ0) is 24.9.